The van der Waals surface area contributed by atoms with E-state index < -0.39 is 0 Å². The van der Waals surface area contributed by atoms with Crippen molar-refractivity contribution in [3.05, 3.63) is 11.3 Å². The van der Waals surface area contributed by atoms with E-state index >= 15 is 0 Å². The molecule has 0 aromatic heterocycles. The van der Waals surface area contributed by atoms with E-state index in [4.69, 9.17) is 4.74 Å². The van der Waals surface area contributed by atoms with Crippen molar-refractivity contribution < 1.29 is 4.74 Å². The molecular formula is C10H16O. The van der Waals surface area contributed by atoms with Crippen molar-refractivity contribution in [3.8, 4) is 0 Å². The highest BCUT2D eigenvalue weighted by Crippen LogP contribution is 2.44. The molecule has 1 atom stereocenters. The van der Waals surface area contributed by atoms with Crippen molar-refractivity contribution >= 4 is 0 Å². The number of hydrogen-bond acceptors (Lipinski definition) is 1. The van der Waals surface area contributed by atoms with E-state index in [1.165, 1.54) is 31.4 Å². The molecule has 0 heterocycles. The first-order valence-electron chi connectivity index (χ1n) is 4.74. The van der Waals surface area contributed by atoms with Crippen LogP contribution < -0.4 is 0 Å². The fraction of sp³-hybridized carbons (Fsp3) is 0.800. The van der Waals surface area contributed by atoms with Gasteiger partial charge in [-0.3, -0.25) is 0 Å². The molecule has 11 heavy (non-hydrogen) atoms. The first-order chi connectivity index (χ1) is 5.40. The van der Waals surface area contributed by atoms with Crippen LogP contribution in [0.25, 0.3) is 0 Å². The van der Waals surface area contributed by atoms with E-state index in [1.807, 2.05) is 0 Å². The van der Waals surface area contributed by atoms with Gasteiger partial charge in [0.05, 0.1) is 12.4 Å². The van der Waals surface area contributed by atoms with Crippen molar-refractivity contribution in [2.24, 2.45) is 5.92 Å². The molecule has 0 aliphatic heterocycles. The Kier molecular flexibility index (Phi) is 1.89. The zero-order valence-corrected chi connectivity index (χ0v) is 7.23. The maximum atomic E-state index is 5.67. The number of rotatable bonds is 3. The summed E-state index contributed by atoms with van der Waals surface area (Å²) in [6, 6.07) is 0. The van der Waals surface area contributed by atoms with E-state index in [-0.39, 0.29) is 0 Å². The summed E-state index contributed by atoms with van der Waals surface area (Å²) in [4.78, 5) is 0. The average Bonchev–Trinajstić information content (AvgIpc) is 2.60. The summed E-state index contributed by atoms with van der Waals surface area (Å²) in [6.45, 7) is 3.09. The lowest BCUT2D eigenvalue weighted by molar-refractivity contribution is 0.194. The second kappa shape index (κ2) is 2.88. The first kappa shape index (κ1) is 7.20. The SMILES string of the molecule is CCCOC1=C2CCC(C2)C1. The lowest BCUT2D eigenvalue weighted by Gasteiger charge is -2.12. The van der Waals surface area contributed by atoms with Gasteiger partial charge in [-0.2, -0.15) is 0 Å². The van der Waals surface area contributed by atoms with Gasteiger partial charge in [-0.15, -0.1) is 0 Å². The van der Waals surface area contributed by atoms with Crippen LogP contribution in [0.1, 0.15) is 39.0 Å². The predicted octanol–water partition coefficient (Wildman–Crippen LogP) is 2.87. The Morgan fingerprint density at radius 3 is 2.91 bits per heavy atom. The average molecular weight is 152 g/mol. The smallest absolute Gasteiger partial charge is 0.0954 e. The van der Waals surface area contributed by atoms with Crippen molar-refractivity contribution in [1.29, 1.82) is 0 Å². The van der Waals surface area contributed by atoms with E-state index in [0.717, 1.165) is 18.9 Å². The first-order valence-corrected chi connectivity index (χ1v) is 4.74. The summed E-state index contributed by atoms with van der Waals surface area (Å²) in [7, 11) is 0. The van der Waals surface area contributed by atoms with Gasteiger partial charge in [0.1, 0.15) is 0 Å². The quantitative estimate of drug-likeness (QED) is 0.604. The fourth-order valence-electron chi connectivity index (χ4n) is 2.15. The molecular weight excluding hydrogens is 136 g/mol. The Labute approximate surface area is 68.4 Å². The standard InChI is InChI=1S/C10H16O/c1-2-5-11-10-7-8-3-4-9(10)6-8/h8H,2-7H2,1H3. The van der Waals surface area contributed by atoms with Gasteiger partial charge in [0, 0.05) is 6.42 Å². The van der Waals surface area contributed by atoms with Crippen LogP contribution in [0.4, 0.5) is 0 Å². The molecule has 0 N–H and O–H groups in total. The highest BCUT2D eigenvalue weighted by Gasteiger charge is 2.30. The van der Waals surface area contributed by atoms with Crippen LogP contribution in [0.5, 0.6) is 0 Å². The topological polar surface area (TPSA) is 9.23 Å². The molecule has 1 saturated carbocycles. The van der Waals surface area contributed by atoms with Crippen LogP contribution in [0.3, 0.4) is 0 Å². The Balaban J connectivity index is 1.93. The van der Waals surface area contributed by atoms with E-state index in [0.29, 0.717) is 0 Å². The molecule has 0 amide bonds. The van der Waals surface area contributed by atoms with Gasteiger partial charge >= 0.3 is 0 Å². The minimum Gasteiger partial charge on any atom is -0.498 e. The molecule has 0 saturated heterocycles. The monoisotopic (exact) mass is 152 g/mol. The summed E-state index contributed by atoms with van der Waals surface area (Å²) in [6.07, 6.45) is 6.48. The molecule has 1 unspecified atom stereocenters. The van der Waals surface area contributed by atoms with Crippen molar-refractivity contribution in [2.45, 2.75) is 39.0 Å². The number of fused-ring (bicyclic) bond motifs is 2. The molecule has 1 heteroatoms. The molecule has 2 aliphatic rings. The molecule has 0 radical (unpaired) electrons. The Bertz CT molecular complexity index is 181. The van der Waals surface area contributed by atoms with Crippen LogP contribution in [0.15, 0.2) is 11.3 Å². The number of ether oxygens (including phenoxy) is 1. The summed E-state index contributed by atoms with van der Waals surface area (Å²) in [5, 5.41) is 0. The van der Waals surface area contributed by atoms with Gasteiger partial charge in [0.15, 0.2) is 0 Å². The van der Waals surface area contributed by atoms with E-state index in [2.05, 4.69) is 6.92 Å². The third kappa shape index (κ3) is 1.29. The Hall–Kier alpha value is -0.460. The van der Waals surface area contributed by atoms with Crippen LogP contribution in [-0.4, -0.2) is 6.61 Å². The third-order valence-corrected chi connectivity index (χ3v) is 2.74. The second-order valence-corrected chi connectivity index (χ2v) is 3.69. The summed E-state index contributed by atoms with van der Waals surface area (Å²) in [5.74, 6) is 2.31. The summed E-state index contributed by atoms with van der Waals surface area (Å²) in [5.41, 5.74) is 1.63. The molecule has 0 aromatic rings. The summed E-state index contributed by atoms with van der Waals surface area (Å²) >= 11 is 0. The minimum atomic E-state index is 0.922. The lowest BCUT2D eigenvalue weighted by atomic mass is 10.1. The van der Waals surface area contributed by atoms with Crippen molar-refractivity contribution in [1.82, 2.24) is 0 Å². The molecule has 1 fully saturated rings. The third-order valence-electron chi connectivity index (χ3n) is 2.74. The van der Waals surface area contributed by atoms with Gasteiger partial charge in [-0.25, -0.2) is 0 Å². The van der Waals surface area contributed by atoms with E-state index in [1.54, 1.807) is 5.57 Å². The maximum absolute atomic E-state index is 5.67. The number of hydrogen-bond donors (Lipinski definition) is 0. The molecule has 2 rings (SSSR count). The predicted molar refractivity (Wildman–Crippen MR) is 45.2 cm³/mol. The van der Waals surface area contributed by atoms with Gasteiger partial charge in [-0.05, 0) is 37.2 Å². The minimum absolute atomic E-state index is 0.922. The zero-order valence-electron chi connectivity index (χ0n) is 7.23. The molecule has 1 nitrogen and oxygen atoms in total. The normalized spacial score (nSPS) is 28.3. The molecule has 2 bridgehead atoms. The van der Waals surface area contributed by atoms with Gasteiger partial charge in [0.25, 0.3) is 0 Å². The highest BCUT2D eigenvalue weighted by molar-refractivity contribution is 5.21. The molecule has 0 aromatic carbocycles. The van der Waals surface area contributed by atoms with E-state index in [9.17, 15) is 0 Å². The molecule has 62 valence electrons. The van der Waals surface area contributed by atoms with Crippen LogP contribution in [0, 0.1) is 5.92 Å². The fourth-order valence-corrected chi connectivity index (χ4v) is 2.15. The molecule has 0 spiro atoms. The second-order valence-electron chi connectivity index (χ2n) is 3.69. The number of allylic oxidation sites excluding steroid dienone is 2. The van der Waals surface area contributed by atoms with Crippen LogP contribution in [0.2, 0.25) is 0 Å². The van der Waals surface area contributed by atoms with Gasteiger partial charge < -0.3 is 4.74 Å². The Morgan fingerprint density at radius 1 is 1.45 bits per heavy atom. The Morgan fingerprint density at radius 2 is 2.36 bits per heavy atom. The zero-order chi connectivity index (χ0) is 7.68. The largest absolute Gasteiger partial charge is 0.498 e. The van der Waals surface area contributed by atoms with Crippen LogP contribution in [-0.2, 0) is 4.74 Å². The maximum Gasteiger partial charge on any atom is 0.0954 e. The van der Waals surface area contributed by atoms with Crippen molar-refractivity contribution in [2.75, 3.05) is 6.61 Å². The highest BCUT2D eigenvalue weighted by atomic mass is 16.5. The summed E-state index contributed by atoms with van der Waals surface area (Å²) < 4.78 is 5.67. The lowest BCUT2D eigenvalue weighted by Crippen LogP contribution is -1.99. The molecule has 2 aliphatic carbocycles. The van der Waals surface area contributed by atoms with Gasteiger partial charge in [0.2, 0.25) is 0 Å². The van der Waals surface area contributed by atoms with Gasteiger partial charge in [-0.1, -0.05) is 6.92 Å². The van der Waals surface area contributed by atoms with Crippen LogP contribution >= 0.6 is 0 Å². The van der Waals surface area contributed by atoms with Crippen molar-refractivity contribution in [3.63, 3.8) is 0 Å².